The summed E-state index contributed by atoms with van der Waals surface area (Å²) in [4.78, 5) is 2.30. The van der Waals surface area contributed by atoms with Crippen LogP contribution in [0.25, 0.3) is 5.65 Å². The van der Waals surface area contributed by atoms with E-state index in [1.54, 1.807) is 0 Å². The van der Waals surface area contributed by atoms with Crippen molar-refractivity contribution < 1.29 is 4.74 Å². The molecular weight excluding hydrogens is 372 g/mol. The van der Waals surface area contributed by atoms with Gasteiger partial charge in [0.15, 0.2) is 11.5 Å². The fourth-order valence-electron chi connectivity index (χ4n) is 2.73. The molecular formula is C16H17BrN6O. The molecule has 0 saturated heterocycles. The number of ether oxygens (including phenoxy) is 1. The molecule has 1 fully saturated rings. The topological polar surface area (TPSA) is 68.4 Å². The highest BCUT2D eigenvalue weighted by atomic mass is 79.9. The zero-order valence-electron chi connectivity index (χ0n) is 13.3. The van der Waals surface area contributed by atoms with E-state index >= 15 is 0 Å². The summed E-state index contributed by atoms with van der Waals surface area (Å²) in [5.74, 6) is 1.79. The zero-order valence-corrected chi connectivity index (χ0v) is 14.8. The van der Waals surface area contributed by atoms with Crippen molar-refractivity contribution in [3.05, 3.63) is 40.4 Å². The van der Waals surface area contributed by atoms with Gasteiger partial charge < -0.3 is 9.64 Å². The molecule has 1 aliphatic rings. The standard InChI is InChI=1S/C16H17BrN6O/c1-2-24-14-6-3-12(17)9-11(14)10-22(13-4-5-13)16-8-7-15-18-20-21-23(15)19-16/h3,6-9,13H,2,4-5,10H2,1H3. The average Bonchev–Trinajstić information content (AvgIpc) is 3.31. The number of rotatable bonds is 6. The van der Waals surface area contributed by atoms with E-state index in [0.717, 1.165) is 28.1 Å². The monoisotopic (exact) mass is 388 g/mol. The number of nitrogens with zero attached hydrogens (tertiary/aromatic N) is 6. The molecule has 1 saturated carbocycles. The van der Waals surface area contributed by atoms with E-state index in [1.165, 1.54) is 17.5 Å². The number of anilines is 1. The summed E-state index contributed by atoms with van der Waals surface area (Å²) in [5, 5.41) is 16.0. The molecule has 24 heavy (non-hydrogen) atoms. The van der Waals surface area contributed by atoms with E-state index in [0.29, 0.717) is 18.3 Å². The molecule has 0 unspecified atom stereocenters. The van der Waals surface area contributed by atoms with Crippen molar-refractivity contribution in [1.29, 1.82) is 0 Å². The van der Waals surface area contributed by atoms with Crippen molar-refractivity contribution in [2.75, 3.05) is 11.5 Å². The first-order chi connectivity index (χ1) is 11.7. The third-order valence-corrected chi connectivity index (χ3v) is 4.49. The molecule has 3 aromatic rings. The second-order valence-electron chi connectivity index (χ2n) is 5.76. The molecule has 124 valence electrons. The van der Waals surface area contributed by atoms with Crippen LogP contribution in [0, 0.1) is 0 Å². The number of hydrogen-bond acceptors (Lipinski definition) is 6. The maximum atomic E-state index is 5.78. The molecule has 1 aromatic carbocycles. The van der Waals surface area contributed by atoms with Gasteiger partial charge in [-0.05, 0) is 60.5 Å². The summed E-state index contributed by atoms with van der Waals surface area (Å²) >= 11 is 3.55. The maximum absolute atomic E-state index is 5.78. The zero-order chi connectivity index (χ0) is 16.5. The van der Waals surface area contributed by atoms with Gasteiger partial charge in [0.25, 0.3) is 0 Å². The Morgan fingerprint density at radius 3 is 2.96 bits per heavy atom. The molecule has 0 bridgehead atoms. The predicted octanol–water partition coefficient (Wildman–Crippen LogP) is 2.85. The summed E-state index contributed by atoms with van der Waals surface area (Å²) in [5.41, 5.74) is 1.78. The van der Waals surface area contributed by atoms with E-state index in [4.69, 9.17) is 4.74 Å². The van der Waals surface area contributed by atoms with Gasteiger partial charge in [-0.25, -0.2) is 0 Å². The minimum absolute atomic E-state index is 0.500. The highest BCUT2D eigenvalue weighted by Gasteiger charge is 2.31. The van der Waals surface area contributed by atoms with Gasteiger partial charge in [-0.1, -0.05) is 15.9 Å². The van der Waals surface area contributed by atoms with Crippen molar-refractivity contribution in [1.82, 2.24) is 25.3 Å². The van der Waals surface area contributed by atoms with Crippen LogP contribution in [0.5, 0.6) is 5.75 Å². The van der Waals surface area contributed by atoms with Gasteiger partial charge in [-0.15, -0.1) is 14.8 Å². The largest absolute Gasteiger partial charge is 0.494 e. The molecule has 0 spiro atoms. The Hall–Kier alpha value is -2.22. The molecule has 0 atom stereocenters. The summed E-state index contributed by atoms with van der Waals surface area (Å²) in [6.07, 6.45) is 2.35. The van der Waals surface area contributed by atoms with Crippen LogP contribution in [0.2, 0.25) is 0 Å². The molecule has 0 aliphatic heterocycles. The first-order valence-corrected chi connectivity index (χ1v) is 8.77. The second-order valence-corrected chi connectivity index (χ2v) is 6.68. The van der Waals surface area contributed by atoms with E-state index in [-0.39, 0.29) is 0 Å². The Bertz CT molecular complexity index is 863. The van der Waals surface area contributed by atoms with Crippen LogP contribution in [0.15, 0.2) is 34.8 Å². The minimum atomic E-state index is 0.500. The van der Waals surface area contributed by atoms with Crippen LogP contribution >= 0.6 is 15.9 Å². The van der Waals surface area contributed by atoms with Crippen molar-refractivity contribution in [2.24, 2.45) is 0 Å². The molecule has 8 heteroatoms. The summed E-state index contributed by atoms with van der Waals surface area (Å²) < 4.78 is 8.29. The minimum Gasteiger partial charge on any atom is -0.494 e. The Morgan fingerprint density at radius 2 is 2.17 bits per heavy atom. The molecule has 0 radical (unpaired) electrons. The predicted molar refractivity (Wildman–Crippen MR) is 93.1 cm³/mol. The third-order valence-electron chi connectivity index (χ3n) is 4.00. The fourth-order valence-corrected chi connectivity index (χ4v) is 3.14. The molecule has 4 rings (SSSR count). The Labute approximate surface area is 147 Å². The first kappa shape index (κ1) is 15.3. The first-order valence-electron chi connectivity index (χ1n) is 7.98. The lowest BCUT2D eigenvalue weighted by molar-refractivity contribution is 0.336. The fraction of sp³-hybridized carbons (Fsp3) is 0.375. The van der Waals surface area contributed by atoms with Gasteiger partial charge in [-0.3, -0.25) is 0 Å². The molecule has 0 amide bonds. The van der Waals surface area contributed by atoms with E-state index in [1.807, 2.05) is 31.2 Å². The van der Waals surface area contributed by atoms with Crippen LogP contribution in [0.4, 0.5) is 5.82 Å². The van der Waals surface area contributed by atoms with Gasteiger partial charge in [0.1, 0.15) is 5.75 Å². The van der Waals surface area contributed by atoms with Crippen molar-refractivity contribution in [3.63, 3.8) is 0 Å². The lowest BCUT2D eigenvalue weighted by atomic mass is 10.2. The number of fused-ring (bicyclic) bond motifs is 1. The van der Waals surface area contributed by atoms with E-state index < -0.39 is 0 Å². The normalized spacial score (nSPS) is 14.1. The Kier molecular flexibility index (Phi) is 4.05. The number of aromatic nitrogens is 5. The SMILES string of the molecule is CCOc1ccc(Br)cc1CN(c1ccc2nnnn2n1)C1CC1. The Balaban J connectivity index is 1.68. The lowest BCUT2D eigenvalue weighted by Crippen LogP contribution is -2.27. The molecule has 1 aliphatic carbocycles. The smallest absolute Gasteiger partial charge is 0.200 e. The van der Waals surface area contributed by atoms with Crippen molar-refractivity contribution >= 4 is 27.4 Å². The highest BCUT2D eigenvalue weighted by Crippen LogP contribution is 2.34. The summed E-state index contributed by atoms with van der Waals surface area (Å²) in [6.45, 7) is 3.38. The summed E-state index contributed by atoms with van der Waals surface area (Å²) in [7, 11) is 0. The van der Waals surface area contributed by atoms with Crippen LogP contribution < -0.4 is 9.64 Å². The second kappa shape index (κ2) is 6.35. The highest BCUT2D eigenvalue weighted by molar-refractivity contribution is 9.10. The van der Waals surface area contributed by atoms with Crippen molar-refractivity contribution in [3.8, 4) is 5.75 Å². The number of tetrazole rings is 1. The van der Waals surface area contributed by atoms with Gasteiger partial charge in [-0.2, -0.15) is 0 Å². The van der Waals surface area contributed by atoms with Gasteiger partial charge in [0, 0.05) is 22.6 Å². The lowest BCUT2D eigenvalue weighted by Gasteiger charge is -2.24. The third kappa shape index (κ3) is 3.06. The molecule has 0 N–H and O–H groups in total. The van der Waals surface area contributed by atoms with Gasteiger partial charge >= 0.3 is 0 Å². The quantitative estimate of drug-likeness (QED) is 0.646. The van der Waals surface area contributed by atoms with E-state index in [2.05, 4.69) is 47.5 Å². The number of halogens is 1. The molecule has 2 heterocycles. The van der Waals surface area contributed by atoms with Crippen LogP contribution in [-0.4, -0.2) is 37.9 Å². The van der Waals surface area contributed by atoms with Crippen LogP contribution in [0.1, 0.15) is 25.3 Å². The number of benzene rings is 1. The molecule has 2 aromatic heterocycles. The van der Waals surface area contributed by atoms with Gasteiger partial charge in [0.2, 0.25) is 0 Å². The van der Waals surface area contributed by atoms with Gasteiger partial charge in [0.05, 0.1) is 6.61 Å². The van der Waals surface area contributed by atoms with Crippen LogP contribution in [0.3, 0.4) is 0 Å². The number of hydrogen-bond donors (Lipinski definition) is 0. The summed E-state index contributed by atoms with van der Waals surface area (Å²) in [6, 6.07) is 10.5. The van der Waals surface area contributed by atoms with Crippen LogP contribution in [-0.2, 0) is 6.54 Å². The van der Waals surface area contributed by atoms with E-state index in [9.17, 15) is 0 Å². The molecule has 7 nitrogen and oxygen atoms in total. The maximum Gasteiger partial charge on any atom is 0.200 e. The average molecular weight is 389 g/mol. The van der Waals surface area contributed by atoms with Crippen molar-refractivity contribution in [2.45, 2.75) is 32.4 Å². The Morgan fingerprint density at radius 1 is 1.29 bits per heavy atom.